The van der Waals surface area contributed by atoms with Crippen molar-refractivity contribution >= 4 is 27.7 Å². The first-order chi connectivity index (χ1) is 9.40. The van der Waals surface area contributed by atoms with Crippen LogP contribution in [0.15, 0.2) is 56.7 Å². The average molecular weight is 358 g/mol. The van der Waals surface area contributed by atoms with Gasteiger partial charge in [-0.2, -0.15) is 18.4 Å². The minimum Gasteiger partial charge on any atom is -0.192 e. The lowest BCUT2D eigenvalue weighted by molar-refractivity contribution is -0.137. The fourth-order valence-electron chi connectivity index (χ4n) is 1.54. The quantitative estimate of drug-likeness (QED) is 0.709. The predicted octanol–water partition coefficient (Wildman–Crippen LogP) is 5.49. The second-order valence-corrected chi connectivity index (χ2v) is 5.91. The first-order valence-corrected chi connectivity index (χ1v) is 7.06. The molecule has 0 N–H and O–H groups in total. The summed E-state index contributed by atoms with van der Waals surface area (Å²) in [5.41, 5.74) is -0.794. The Morgan fingerprint density at radius 3 is 2.45 bits per heavy atom. The lowest BCUT2D eigenvalue weighted by atomic mass is 10.1. The maximum Gasteiger partial charge on any atom is 0.416 e. The van der Waals surface area contributed by atoms with Crippen LogP contribution in [0.3, 0.4) is 0 Å². The van der Waals surface area contributed by atoms with Gasteiger partial charge >= 0.3 is 6.18 Å². The van der Waals surface area contributed by atoms with Crippen LogP contribution in [0.25, 0.3) is 0 Å². The number of benzene rings is 2. The van der Waals surface area contributed by atoms with E-state index in [4.69, 9.17) is 5.26 Å². The molecule has 0 fully saturated rings. The zero-order chi connectivity index (χ0) is 14.8. The van der Waals surface area contributed by atoms with Crippen LogP contribution in [0, 0.1) is 11.3 Å². The van der Waals surface area contributed by atoms with Gasteiger partial charge in [0.15, 0.2) is 0 Å². The Kier molecular flexibility index (Phi) is 4.41. The van der Waals surface area contributed by atoms with E-state index >= 15 is 0 Å². The number of halogens is 4. The molecule has 6 heteroatoms. The molecule has 1 nitrogen and oxygen atoms in total. The molecule has 0 unspecified atom stereocenters. The average Bonchev–Trinajstić information content (AvgIpc) is 2.38. The molecular formula is C14H7BrF3NS. The molecule has 0 aromatic heterocycles. The fourth-order valence-corrected chi connectivity index (χ4v) is 3.03. The molecule has 0 heterocycles. The highest BCUT2D eigenvalue weighted by Crippen LogP contribution is 2.36. The molecule has 0 saturated carbocycles. The van der Waals surface area contributed by atoms with Gasteiger partial charge in [0.05, 0.1) is 11.1 Å². The normalized spacial score (nSPS) is 11.2. The molecule has 0 bridgehead atoms. The molecule has 0 saturated heterocycles. The zero-order valence-corrected chi connectivity index (χ0v) is 12.3. The van der Waals surface area contributed by atoms with Crippen molar-refractivity contribution in [1.29, 1.82) is 5.26 Å². The molecule has 0 amide bonds. The molecule has 0 aliphatic carbocycles. The van der Waals surface area contributed by atoms with Crippen molar-refractivity contribution in [2.24, 2.45) is 0 Å². The van der Waals surface area contributed by atoms with E-state index in [2.05, 4.69) is 15.9 Å². The van der Waals surface area contributed by atoms with E-state index in [1.54, 1.807) is 0 Å². The standard InChI is InChI=1S/C14H7BrF3NS/c15-11-2-1-3-12(7-11)20-13-5-4-10(14(16,17)18)6-9(13)8-19/h1-7H. The van der Waals surface area contributed by atoms with Gasteiger partial charge in [-0.05, 0) is 36.4 Å². The molecule has 0 aliphatic heterocycles. The van der Waals surface area contributed by atoms with Crippen LogP contribution >= 0.6 is 27.7 Å². The number of hydrogen-bond donors (Lipinski definition) is 0. The molecule has 2 aromatic carbocycles. The second kappa shape index (κ2) is 5.90. The Bertz CT molecular complexity index is 677. The van der Waals surface area contributed by atoms with Crippen LogP contribution in [0.5, 0.6) is 0 Å². The third-order valence-corrected chi connectivity index (χ3v) is 4.01. The van der Waals surface area contributed by atoms with Crippen molar-refractivity contribution in [2.75, 3.05) is 0 Å². The maximum atomic E-state index is 12.6. The van der Waals surface area contributed by atoms with Crippen LogP contribution in [-0.2, 0) is 6.18 Å². The minimum atomic E-state index is -4.44. The van der Waals surface area contributed by atoms with Crippen molar-refractivity contribution < 1.29 is 13.2 Å². The number of nitrogens with zero attached hydrogens (tertiary/aromatic N) is 1. The lowest BCUT2D eigenvalue weighted by Gasteiger charge is -2.09. The van der Waals surface area contributed by atoms with E-state index in [1.807, 2.05) is 30.3 Å². The predicted molar refractivity (Wildman–Crippen MR) is 74.4 cm³/mol. The van der Waals surface area contributed by atoms with Crippen molar-refractivity contribution in [2.45, 2.75) is 16.0 Å². The summed E-state index contributed by atoms with van der Waals surface area (Å²) < 4.78 is 38.6. The molecular weight excluding hydrogens is 351 g/mol. The Balaban J connectivity index is 2.36. The van der Waals surface area contributed by atoms with Crippen molar-refractivity contribution in [3.8, 4) is 6.07 Å². The first-order valence-electron chi connectivity index (χ1n) is 5.45. The summed E-state index contributed by atoms with van der Waals surface area (Å²) in [5.74, 6) is 0. The lowest BCUT2D eigenvalue weighted by Crippen LogP contribution is -2.05. The van der Waals surface area contributed by atoms with Gasteiger partial charge in [0, 0.05) is 14.3 Å². The molecule has 0 aliphatic rings. The Labute approximate surface area is 126 Å². The first kappa shape index (κ1) is 14.9. The third-order valence-electron chi connectivity index (χ3n) is 2.45. The highest BCUT2D eigenvalue weighted by atomic mass is 79.9. The molecule has 0 spiro atoms. The molecule has 102 valence electrons. The second-order valence-electron chi connectivity index (χ2n) is 3.88. The van der Waals surface area contributed by atoms with E-state index in [1.165, 1.54) is 17.8 Å². The summed E-state index contributed by atoms with van der Waals surface area (Å²) in [6.45, 7) is 0. The van der Waals surface area contributed by atoms with Gasteiger partial charge in [0.1, 0.15) is 6.07 Å². The van der Waals surface area contributed by atoms with Gasteiger partial charge in [-0.1, -0.05) is 33.8 Å². The Morgan fingerprint density at radius 2 is 1.85 bits per heavy atom. The highest BCUT2D eigenvalue weighted by Gasteiger charge is 2.31. The Hall–Kier alpha value is -1.45. The summed E-state index contributed by atoms with van der Waals surface area (Å²) in [4.78, 5) is 1.34. The van der Waals surface area contributed by atoms with E-state index in [-0.39, 0.29) is 5.56 Å². The summed E-state index contributed by atoms with van der Waals surface area (Å²) >= 11 is 4.57. The van der Waals surface area contributed by atoms with E-state index in [9.17, 15) is 13.2 Å². The largest absolute Gasteiger partial charge is 0.416 e. The molecule has 2 aromatic rings. The van der Waals surface area contributed by atoms with E-state index in [0.717, 1.165) is 21.5 Å². The van der Waals surface area contributed by atoms with Crippen LogP contribution in [0.2, 0.25) is 0 Å². The molecule has 2 rings (SSSR count). The smallest absolute Gasteiger partial charge is 0.192 e. The highest BCUT2D eigenvalue weighted by molar-refractivity contribution is 9.10. The molecule has 0 atom stereocenters. The number of alkyl halides is 3. The van der Waals surface area contributed by atoms with Gasteiger partial charge in [-0.15, -0.1) is 0 Å². The molecule has 0 radical (unpaired) electrons. The maximum absolute atomic E-state index is 12.6. The third kappa shape index (κ3) is 3.56. The van der Waals surface area contributed by atoms with Crippen LogP contribution in [-0.4, -0.2) is 0 Å². The van der Waals surface area contributed by atoms with E-state index < -0.39 is 11.7 Å². The van der Waals surface area contributed by atoms with Crippen molar-refractivity contribution in [3.63, 3.8) is 0 Å². The van der Waals surface area contributed by atoms with Gasteiger partial charge < -0.3 is 0 Å². The van der Waals surface area contributed by atoms with Crippen molar-refractivity contribution in [3.05, 3.63) is 58.1 Å². The SMILES string of the molecule is N#Cc1cc(C(F)(F)F)ccc1Sc1cccc(Br)c1. The minimum absolute atomic E-state index is 0.0183. The van der Waals surface area contributed by atoms with Gasteiger partial charge in [0.25, 0.3) is 0 Å². The summed E-state index contributed by atoms with van der Waals surface area (Å²) in [5, 5.41) is 9.00. The van der Waals surface area contributed by atoms with Crippen LogP contribution in [0.4, 0.5) is 13.2 Å². The monoisotopic (exact) mass is 357 g/mol. The van der Waals surface area contributed by atoms with E-state index in [0.29, 0.717) is 4.90 Å². The molecule has 20 heavy (non-hydrogen) atoms. The topological polar surface area (TPSA) is 23.8 Å². The van der Waals surface area contributed by atoms with Crippen molar-refractivity contribution in [1.82, 2.24) is 0 Å². The summed E-state index contributed by atoms with van der Waals surface area (Å²) in [6, 6.07) is 12.3. The Morgan fingerprint density at radius 1 is 1.10 bits per heavy atom. The fraction of sp³-hybridized carbons (Fsp3) is 0.0714. The number of rotatable bonds is 2. The zero-order valence-electron chi connectivity index (χ0n) is 9.91. The number of hydrogen-bond acceptors (Lipinski definition) is 2. The number of nitriles is 1. The van der Waals surface area contributed by atoms with Gasteiger partial charge in [-0.25, -0.2) is 0 Å². The van der Waals surface area contributed by atoms with Gasteiger partial charge in [0.2, 0.25) is 0 Å². The van der Waals surface area contributed by atoms with Gasteiger partial charge in [-0.3, -0.25) is 0 Å². The summed E-state index contributed by atoms with van der Waals surface area (Å²) in [6.07, 6.45) is -4.44. The van der Waals surface area contributed by atoms with Crippen LogP contribution < -0.4 is 0 Å². The van der Waals surface area contributed by atoms with Crippen LogP contribution in [0.1, 0.15) is 11.1 Å². The summed E-state index contributed by atoms with van der Waals surface area (Å²) in [7, 11) is 0.